The molecule has 2 aromatic heterocycles. The molecular weight excluding hydrogens is 565 g/mol. The van der Waals surface area contributed by atoms with Gasteiger partial charge in [0.05, 0.1) is 27.3 Å². The van der Waals surface area contributed by atoms with E-state index in [1.165, 1.54) is 26.9 Å². The first kappa shape index (κ1) is 27.5. The molecule has 1 fully saturated rings. The van der Waals surface area contributed by atoms with Crippen molar-refractivity contribution in [3.63, 3.8) is 0 Å². The first-order valence-corrected chi connectivity index (χ1v) is 16.6. The molecule has 2 aromatic carbocycles. The lowest BCUT2D eigenvalue weighted by Crippen LogP contribution is -2.48. The minimum Gasteiger partial charge on any atom is -0.373 e. The Morgan fingerprint density at radius 3 is 2.50 bits per heavy atom. The zero-order chi connectivity index (χ0) is 28.0. The Labute approximate surface area is 242 Å². The normalized spacial score (nSPS) is 20.5. The molecule has 0 unspecified atom stereocenters. The lowest BCUT2D eigenvalue weighted by Gasteiger charge is -2.34. The van der Waals surface area contributed by atoms with Crippen molar-refractivity contribution in [2.24, 2.45) is 0 Å². The van der Waals surface area contributed by atoms with Gasteiger partial charge in [-0.3, -0.25) is 9.69 Å². The second-order valence-corrected chi connectivity index (χ2v) is 14.4. The number of rotatable bonds is 6. The fourth-order valence-electron chi connectivity index (χ4n) is 5.45. The summed E-state index contributed by atoms with van der Waals surface area (Å²) in [6.07, 6.45) is 0.565. The molecule has 40 heavy (non-hydrogen) atoms. The van der Waals surface area contributed by atoms with Crippen LogP contribution in [0.15, 0.2) is 53.4 Å². The Morgan fingerprint density at radius 2 is 1.80 bits per heavy atom. The molecule has 0 aliphatic carbocycles. The predicted octanol–water partition coefficient (Wildman–Crippen LogP) is 5.45. The average Bonchev–Trinajstić information content (AvgIpc) is 3.52. The number of likely N-dealkylation sites (N-methyl/N-ethyl adjacent to an activating group) is 1. The van der Waals surface area contributed by atoms with Gasteiger partial charge in [0, 0.05) is 42.2 Å². The number of amides is 1. The van der Waals surface area contributed by atoms with E-state index in [0.29, 0.717) is 18.7 Å². The summed E-state index contributed by atoms with van der Waals surface area (Å²) in [5.41, 5.74) is 3.63. The number of para-hydroxylation sites is 1. The third-order valence-electron chi connectivity index (χ3n) is 7.46. The van der Waals surface area contributed by atoms with E-state index in [0.717, 1.165) is 51.8 Å². The number of benzene rings is 2. The van der Waals surface area contributed by atoms with Crippen LogP contribution in [0.25, 0.3) is 20.8 Å². The summed E-state index contributed by atoms with van der Waals surface area (Å²) in [5, 5.41) is 4.85. The third-order valence-corrected chi connectivity index (χ3v) is 11.5. The van der Waals surface area contributed by atoms with Gasteiger partial charge in [0.15, 0.2) is 0 Å². The third kappa shape index (κ3) is 5.22. The molecule has 1 amide bonds. The molecule has 0 saturated carbocycles. The summed E-state index contributed by atoms with van der Waals surface area (Å²) >= 11 is 3.25. The van der Waals surface area contributed by atoms with E-state index < -0.39 is 10.0 Å². The van der Waals surface area contributed by atoms with E-state index in [1.807, 2.05) is 32.0 Å². The smallest absolute Gasteiger partial charge is 0.256 e. The predicted molar refractivity (Wildman–Crippen MR) is 161 cm³/mol. The summed E-state index contributed by atoms with van der Waals surface area (Å²) in [4.78, 5) is 22.2. The molecule has 210 valence electrons. The molecule has 2 aliphatic heterocycles. The van der Waals surface area contributed by atoms with E-state index in [-0.39, 0.29) is 23.0 Å². The van der Waals surface area contributed by atoms with Crippen LogP contribution in [0.4, 0.5) is 5.00 Å². The molecule has 0 radical (unpaired) electrons. The summed E-state index contributed by atoms with van der Waals surface area (Å²) in [6, 6.07) is 14.3. The minimum absolute atomic E-state index is 0.172. The Bertz CT molecular complexity index is 1620. The van der Waals surface area contributed by atoms with Crippen molar-refractivity contribution in [1.29, 1.82) is 0 Å². The molecule has 4 heterocycles. The summed E-state index contributed by atoms with van der Waals surface area (Å²) < 4.78 is 34.8. The molecule has 11 heteroatoms. The van der Waals surface area contributed by atoms with Crippen LogP contribution in [-0.2, 0) is 27.7 Å². The van der Waals surface area contributed by atoms with Crippen LogP contribution in [0.3, 0.4) is 0 Å². The second-order valence-electron chi connectivity index (χ2n) is 10.4. The van der Waals surface area contributed by atoms with Gasteiger partial charge in [-0.15, -0.1) is 22.7 Å². The fourth-order valence-corrected chi connectivity index (χ4v) is 9.44. The van der Waals surface area contributed by atoms with Gasteiger partial charge in [-0.2, -0.15) is 4.31 Å². The SMILES string of the molecule is CCN1CCc2c(sc(NC(=O)c3ccc(S(=O)(=O)N4C[C@@H](C)O[C@H](C)C4)cc3)c2-c2nc3ccccc3s2)C1. The number of fused-ring (bicyclic) bond motifs is 2. The number of hydrogen-bond donors (Lipinski definition) is 1. The number of nitrogens with one attached hydrogen (secondary N) is 1. The van der Waals surface area contributed by atoms with Gasteiger partial charge in [0.1, 0.15) is 10.0 Å². The van der Waals surface area contributed by atoms with Gasteiger partial charge < -0.3 is 10.1 Å². The molecule has 4 aromatic rings. The number of hydrogen-bond acceptors (Lipinski definition) is 8. The van der Waals surface area contributed by atoms with Gasteiger partial charge in [0.2, 0.25) is 10.0 Å². The van der Waals surface area contributed by atoms with E-state index in [1.54, 1.807) is 34.8 Å². The highest BCUT2D eigenvalue weighted by Gasteiger charge is 2.32. The van der Waals surface area contributed by atoms with Gasteiger partial charge >= 0.3 is 0 Å². The number of ether oxygens (including phenoxy) is 1. The lowest BCUT2D eigenvalue weighted by atomic mass is 10.0. The topological polar surface area (TPSA) is 91.8 Å². The number of carbonyl (C=O) groups excluding carboxylic acids is 1. The lowest BCUT2D eigenvalue weighted by molar-refractivity contribution is -0.0440. The standard InChI is InChI=1S/C29H32N4O4S3/c1-4-32-14-13-22-25(17-32)39-29(26(22)28-30-23-7-5-6-8-24(23)38-28)31-27(34)20-9-11-21(12-10-20)40(35,36)33-15-18(2)37-19(3)16-33/h5-12,18-19H,4,13-17H2,1-3H3,(H,31,34)/t18-,19-/m1/s1. The molecule has 2 aliphatic rings. The summed E-state index contributed by atoms with van der Waals surface area (Å²) in [7, 11) is -3.68. The highest BCUT2D eigenvalue weighted by Crippen LogP contribution is 2.45. The van der Waals surface area contributed by atoms with Crippen molar-refractivity contribution in [2.45, 2.75) is 50.8 Å². The van der Waals surface area contributed by atoms with Crippen molar-refractivity contribution in [3.05, 3.63) is 64.5 Å². The number of morpholine rings is 1. The number of thiazole rings is 1. The summed E-state index contributed by atoms with van der Waals surface area (Å²) in [6.45, 7) is 9.33. The highest BCUT2D eigenvalue weighted by atomic mass is 32.2. The second kappa shape index (κ2) is 11.0. The average molecular weight is 597 g/mol. The van der Waals surface area contributed by atoms with Crippen molar-refractivity contribution in [3.8, 4) is 10.6 Å². The Balaban J connectivity index is 1.29. The fraction of sp³-hybridized carbons (Fsp3) is 0.379. The maximum atomic E-state index is 13.4. The first-order valence-electron chi connectivity index (χ1n) is 13.5. The highest BCUT2D eigenvalue weighted by molar-refractivity contribution is 7.89. The molecule has 0 bridgehead atoms. The maximum absolute atomic E-state index is 13.4. The molecule has 2 atom stereocenters. The Hall–Kier alpha value is -2.67. The van der Waals surface area contributed by atoms with Crippen molar-refractivity contribution >= 4 is 53.8 Å². The molecule has 8 nitrogen and oxygen atoms in total. The molecule has 1 saturated heterocycles. The quantitative estimate of drug-likeness (QED) is 0.318. The maximum Gasteiger partial charge on any atom is 0.256 e. The zero-order valence-electron chi connectivity index (χ0n) is 22.7. The molecule has 0 spiro atoms. The van der Waals surface area contributed by atoms with Gasteiger partial charge in [0.25, 0.3) is 5.91 Å². The van der Waals surface area contributed by atoms with E-state index in [4.69, 9.17) is 9.72 Å². The Morgan fingerprint density at radius 1 is 1.07 bits per heavy atom. The molecular formula is C29H32N4O4S3. The van der Waals surface area contributed by atoms with Crippen LogP contribution in [0.5, 0.6) is 0 Å². The van der Waals surface area contributed by atoms with Crippen LogP contribution in [0.2, 0.25) is 0 Å². The number of aromatic nitrogens is 1. The molecule has 1 N–H and O–H groups in total. The minimum atomic E-state index is -3.68. The van der Waals surface area contributed by atoms with Crippen LogP contribution in [0, 0.1) is 0 Å². The van der Waals surface area contributed by atoms with E-state index in [9.17, 15) is 13.2 Å². The van der Waals surface area contributed by atoms with Crippen molar-refractivity contribution in [1.82, 2.24) is 14.2 Å². The van der Waals surface area contributed by atoms with Crippen LogP contribution >= 0.6 is 22.7 Å². The van der Waals surface area contributed by atoms with Crippen molar-refractivity contribution < 1.29 is 17.9 Å². The van der Waals surface area contributed by atoms with Gasteiger partial charge in [-0.1, -0.05) is 19.1 Å². The summed E-state index contributed by atoms with van der Waals surface area (Å²) in [5.74, 6) is -0.272. The van der Waals surface area contributed by atoms with E-state index in [2.05, 4.69) is 23.2 Å². The molecule has 6 rings (SSSR count). The largest absolute Gasteiger partial charge is 0.373 e. The number of carbonyl (C=O) groups is 1. The number of anilines is 1. The number of sulfonamides is 1. The van der Waals surface area contributed by atoms with Crippen LogP contribution in [-0.4, -0.2) is 66.9 Å². The van der Waals surface area contributed by atoms with E-state index >= 15 is 0 Å². The van der Waals surface area contributed by atoms with Crippen molar-refractivity contribution in [2.75, 3.05) is 31.5 Å². The number of thiophene rings is 1. The zero-order valence-corrected chi connectivity index (χ0v) is 25.2. The van der Waals surface area contributed by atoms with Gasteiger partial charge in [-0.25, -0.2) is 13.4 Å². The van der Waals surface area contributed by atoms with Crippen LogP contribution in [0.1, 0.15) is 41.6 Å². The number of nitrogens with zero attached hydrogens (tertiary/aromatic N) is 3. The van der Waals surface area contributed by atoms with Crippen LogP contribution < -0.4 is 5.32 Å². The van der Waals surface area contributed by atoms with Gasteiger partial charge in [-0.05, 0) is 68.8 Å². The Kier molecular flexibility index (Phi) is 7.53. The monoisotopic (exact) mass is 596 g/mol. The first-order chi connectivity index (χ1) is 19.2.